The molecule has 0 heterocycles. The molecule has 2 rings (SSSR count). The molecular formula is C34H51NO8. The molecule has 0 aliphatic rings. The fourth-order valence-electron chi connectivity index (χ4n) is 4.65. The summed E-state index contributed by atoms with van der Waals surface area (Å²) in [7, 11) is 1.66. The van der Waals surface area contributed by atoms with Crippen molar-refractivity contribution in [3.05, 3.63) is 59.7 Å². The molecule has 3 N–H and O–H groups in total. The Labute approximate surface area is 256 Å². The average Bonchev–Trinajstić information content (AvgIpc) is 2.93. The predicted molar refractivity (Wildman–Crippen MR) is 166 cm³/mol. The Bertz CT molecular complexity index is 1120. The van der Waals surface area contributed by atoms with Crippen LogP contribution in [0.15, 0.2) is 48.5 Å². The first kappa shape index (κ1) is 35.9. The number of amides is 1. The largest absolute Gasteiger partial charge is 0.490 e. The number of nitrogens with one attached hydrogen (secondary N) is 1. The highest BCUT2D eigenvalue weighted by Gasteiger charge is 2.31. The van der Waals surface area contributed by atoms with Crippen molar-refractivity contribution in [1.82, 2.24) is 5.32 Å². The number of hydrogen-bond acceptors (Lipinski definition) is 7. The summed E-state index contributed by atoms with van der Waals surface area (Å²) in [5.74, 6) is -0.224. The van der Waals surface area contributed by atoms with E-state index >= 15 is 0 Å². The Morgan fingerprint density at radius 3 is 2.21 bits per heavy atom. The second-order valence-electron chi connectivity index (χ2n) is 12.5. The second kappa shape index (κ2) is 17.7. The van der Waals surface area contributed by atoms with Gasteiger partial charge < -0.3 is 34.5 Å². The van der Waals surface area contributed by atoms with Crippen molar-refractivity contribution in [3.8, 4) is 11.5 Å². The van der Waals surface area contributed by atoms with Gasteiger partial charge in [-0.15, -0.1) is 0 Å². The molecule has 9 heteroatoms. The number of aliphatic hydroxyl groups is 1. The van der Waals surface area contributed by atoms with Gasteiger partial charge in [-0.2, -0.15) is 0 Å². The molecule has 0 radical (unpaired) electrons. The summed E-state index contributed by atoms with van der Waals surface area (Å²) in [5, 5.41) is 23.3. The van der Waals surface area contributed by atoms with Gasteiger partial charge in [0.05, 0.1) is 24.7 Å². The average molecular weight is 602 g/mol. The lowest BCUT2D eigenvalue weighted by Crippen LogP contribution is -2.47. The molecule has 2 aromatic carbocycles. The van der Waals surface area contributed by atoms with E-state index in [-0.39, 0.29) is 18.3 Å². The molecule has 9 nitrogen and oxygen atoms in total. The van der Waals surface area contributed by atoms with Crippen molar-refractivity contribution in [3.63, 3.8) is 0 Å². The standard InChI is InChI=1S/C34H51NO8/c1-23(2)27(21-28(29(36)18-24(3)32(37)38)35-33(39)43-34(4,5)6)19-26-14-15-30(31(20-26)41-17-11-16-40-7)42-22-25-12-9-8-10-13-25/h8-10,12-15,20,23-24,27-29,36H,11,16-19,21-22H2,1-7H3,(H,35,39)(H,37,38)/t24-,27+,28+,29+/m1/s1. The van der Waals surface area contributed by atoms with Crippen LogP contribution < -0.4 is 14.8 Å². The molecule has 0 aliphatic carbocycles. The number of ether oxygens (including phenoxy) is 4. The normalized spacial score (nSPS) is 14.4. The molecule has 43 heavy (non-hydrogen) atoms. The van der Waals surface area contributed by atoms with E-state index in [0.717, 1.165) is 17.5 Å². The molecule has 0 aromatic heterocycles. The smallest absolute Gasteiger partial charge is 0.407 e. The van der Waals surface area contributed by atoms with Crippen LogP contribution in [-0.4, -0.2) is 60.3 Å². The summed E-state index contributed by atoms with van der Waals surface area (Å²) in [5.41, 5.74) is 1.36. The van der Waals surface area contributed by atoms with Gasteiger partial charge in [0.2, 0.25) is 0 Å². The van der Waals surface area contributed by atoms with Gasteiger partial charge in [-0.05, 0) is 75.1 Å². The fraction of sp³-hybridized carbons (Fsp3) is 0.588. The number of aliphatic hydroxyl groups excluding tert-OH is 1. The van der Waals surface area contributed by atoms with E-state index in [4.69, 9.17) is 18.9 Å². The number of rotatable bonds is 18. The summed E-state index contributed by atoms with van der Waals surface area (Å²) in [6.07, 6.45) is 0.118. The van der Waals surface area contributed by atoms with E-state index < -0.39 is 35.7 Å². The lowest BCUT2D eigenvalue weighted by molar-refractivity contribution is -0.142. The summed E-state index contributed by atoms with van der Waals surface area (Å²) >= 11 is 0. The number of carbonyl (C=O) groups excluding carboxylic acids is 1. The quantitative estimate of drug-likeness (QED) is 0.171. The maximum Gasteiger partial charge on any atom is 0.407 e. The molecule has 1 amide bonds. The highest BCUT2D eigenvalue weighted by atomic mass is 16.6. The van der Waals surface area contributed by atoms with Gasteiger partial charge in [-0.1, -0.05) is 57.2 Å². The molecule has 0 spiro atoms. The molecule has 2 aromatic rings. The summed E-state index contributed by atoms with van der Waals surface area (Å²) in [4.78, 5) is 24.2. The van der Waals surface area contributed by atoms with Crippen LogP contribution >= 0.6 is 0 Å². The van der Waals surface area contributed by atoms with Crippen LogP contribution in [0.3, 0.4) is 0 Å². The van der Waals surface area contributed by atoms with Crippen LogP contribution in [0.2, 0.25) is 0 Å². The Kier molecular flexibility index (Phi) is 14.8. The zero-order chi connectivity index (χ0) is 32.0. The van der Waals surface area contributed by atoms with Gasteiger partial charge in [-0.25, -0.2) is 4.79 Å². The Morgan fingerprint density at radius 1 is 0.907 bits per heavy atom. The third-order valence-electron chi connectivity index (χ3n) is 7.18. The van der Waals surface area contributed by atoms with Crippen molar-refractivity contribution in [2.45, 2.75) is 91.6 Å². The number of carboxylic acids is 1. The number of alkyl carbamates (subject to hydrolysis) is 1. The zero-order valence-corrected chi connectivity index (χ0v) is 26.8. The van der Waals surface area contributed by atoms with Crippen LogP contribution in [0.1, 0.15) is 71.9 Å². The van der Waals surface area contributed by atoms with Gasteiger partial charge >= 0.3 is 12.1 Å². The van der Waals surface area contributed by atoms with Crippen molar-refractivity contribution < 1.29 is 38.7 Å². The van der Waals surface area contributed by atoms with Crippen LogP contribution in [0, 0.1) is 17.8 Å². The summed E-state index contributed by atoms with van der Waals surface area (Å²) in [6, 6.07) is 15.2. The lowest BCUT2D eigenvalue weighted by Gasteiger charge is -2.32. The zero-order valence-electron chi connectivity index (χ0n) is 26.8. The van der Waals surface area contributed by atoms with Gasteiger partial charge in [-0.3, -0.25) is 4.79 Å². The van der Waals surface area contributed by atoms with Crippen LogP contribution in [0.25, 0.3) is 0 Å². The van der Waals surface area contributed by atoms with E-state index in [0.29, 0.717) is 44.2 Å². The van der Waals surface area contributed by atoms with Crippen molar-refractivity contribution >= 4 is 12.1 Å². The first-order chi connectivity index (χ1) is 20.3. The molecule has 0 aliphatic heterocycles. The highest BCUT2D eigenvalue weighted by molar-refractivity contribution is 5.70. The van der Waals surface area contributed by atoms with Crippen LogP contribution in [0.4, 0.5) is 4.79 Å². The topological polar surface area (TPSA) is 124 Å². The van der Waals surface area contributed by atoms with Gasteiger partial charge in [0.15, 0.2) is 11.5 Å². The van der Waals surface area contributed by atoms with Crippen molar-refractivity contribution in [1.29, 1.82) is 0 Å². The Hall–Kier alpha value is -3.30. The molecule has 0 saturated heterocycles. The Balaban J connectivity index is 2.26. The van der Waals surface area contributed by atoms with E-state index in [1.807, 2.05) is 48.5 Å². The number of aliphatic carboxylic acids is 1. The third-order valence-corrected chi connectivity index (χ3v) is 7.18. The lowest BCUT2D eigenvalue weighted by atomic mass is 9.82. The van der Waals surface area contributed by atoms with Gasteiger partial charge in [0, 0.05) is 20.1 Å². The number of methoxy groups -OCH3 is 1. The molecular weight excluding hydrogens is 550 g/mol. The monoisotopic (exact) mass is 601 g/mol. The molecule has 0 unspecified atom stereocenters. The first-order valence-corrected chi connectivity index (χ1v) is 15.1. The third kappa shape index (κ3) is 13.7. The molecule has 4 atom stereocenters. The summed E-state index contributed by atoms with van der Waals surface area (Å²) < 4.78 is 22.9. The molecule has 0 bridgehead atoms. The maximum absolute atomic E-state index is 12.7. The Morgan fingerprint density at radius 2 is 1.60 bits per heavy atom. The SMILES string of the molecule is COCCCOc1cc(C[C@@H](C[C@H](NC(=O)OC(C)(C)C)[C@@H](O)C[C@@H](C)C(=O)O)C(C)C)ccc1OCc1ccccc1. The fourth-order valence-corrected chi connectivity index (χ4v) is 4.65. The van der Waals surface area contributed by atoms with Crippen molar-refractivity contribution in [2.75, 3.05) is 20.3 Å². The second-order valence-corrected chi connectivity index (χ2v) is 12.5. The molecule has 0 fully saturated rings. The number of hydrogen-bond donors (Lipinski definition) is 3. The van der Waals surface area contributed by atoms with Crippen LogP contribution in [0.5, 0.6) is 11.5 Å². The molecule has 240 valence electrons. The van der Waals surface area contributed by atoms with E-state index in [9.17, 15) is 19.8 Å². The van der Waals surface area contributed by atoms with E-state index in [1.54, 1.807) is 34.8 Å². The number of benzene rings is 2. The first-order valence-electron chi connectivity index (χ1n) is 15.1. The van der Waals surface area contributed by atoms with Gasteiger partial charge in [0.1, 0.15) is 12.2 Å². The minimum atomic E-state index is -1.06. The highest BCUT2D eigenvalue weighted by Crippen LogP contribution is 2.32. The predicted octanol–water partition coefficient (Wildman–Crippen LogP) is 6.25. The molecule has 0 saturated carbocycles. The number of carboxylic acid groups (broad SMARTS) is 1. The maximum atomic E-state index is 12.7. The number of carbonyl (C=O) groups is 2. The van der Waals surface area contributed by atoms with Crippen LogP contribution in [-0.2, 0) is 27.3 Å². The van der Waals surface area contributed by atoms with Crippen molar-refractivity contribution in [2.24, 2.45) is 17.8 Å². The van der Waals surface area contributed by atoms with Gasteiger partial charge in [0.25, 0.3) is 0 Å². The van der Waals surface area contributed by atoms with E-state index in [2.05, 4.69) is 19.2 Å². The summed E-state index contributed by atoms with van der Waals surface area (Å²) in [6.45, 7) is 12.5. The minimum absolute atomic E-state index is 0.00747. The minimum Gasteiger partial charge on any atom is -0.490 e. The van der Waals surface area contributed by atoms with E-state index in [1.165, 1.54) is 0 Å².